The fourth-order valence-corrected chi connectivity index (χ4v) is 3.40. The minimum atomic E-state index is -0.502. The zero-order chi connectivity index (χ0) is 19.4. The Kier molecular flexibility index (Phi) is 5.88. The second-order valence-electron chi connectivity index (χ2n) is 6.78. The second-order valence-corrected chi connectivity index (χ2v) is 6.78. The van der Waals surface area contributed by atoms with E-state index in [1.54, 1.807) is 0 Å². The van der Waals surface area contributed by atoms with Crippen molar-refractivity contribution in [2.24, 2.45) is 0 Å². The number of nitrogens with zero attached hydrogens (tertiary/aromatic N) is 1. The van der Waals surface area contributed by atoms with Crippen LogP contribution in [0.1, 0.15) is 36.6 Å². The first-order valence-electron chi connectivity index (χ1n) is 9.04. The number of aliphatic hydroxyl groups is 1. The van der Waals surface area contributed by atoms with E-state index < -0.39 is 5.69 Å². The van der Waals surface area contributed by atoms with Gasteiger partial charge in [-0.05, 0) is 22.3 Å². The minimum Gasteiger partial charge on any atom is -0.394 e. The van der Waals surface area contributed by atoms with Crippen molar-refractivity contribution in [2.45, 2.75) is 32.9 Å². The lowest BCUT2D eigenvalue weighted by molar-refractivity contribution is 0.0441. The van der Waals surface area contributed by atoms with Crippen molar-refractivity contribution in [1.82, 2.24) is 9.55 Å². The Balaban J connectivity index is 2.16. The van der Waals surface area contributed by atoms with Gasteiger partial charge in [0.05, 0.1) is 13.2 Å². The van der Waals surface area contributed by atoms with Crippen LogP contribution in [0, 0.1) is 0 Å². The SMILES string of the molecule is CC(C)c1c(Cc2cccc3ccccc23)n(COCCO)c(=O)[nH]c1=O. The average molecular weight is 368 g/mol. The minimum absolute atomic E-state index is 0.0179. The van der Waals surface area contributed by atoms with Gasteiger partial charge in [0.2, 0.25) is 0 Å². The summed E-state index contributed by atoms with van der Waals surface area (Å²) in [6.45, 7) is 3.83. The number of ether oxygens (including phenoxy) is 1. The van der Waals surface area contributed by atoms with Crippen molar-refractivity contribution in [3.63, 3.8) is 0 Å². The molecule has 6 nitrogen and oxygen atoms in total. The predicted octanol–water partition coefficient (Wildman–Crippen LogP) is 2.37. The Bertz CT molecular complexity index is 1040. The van der Waals surface area contributed by atoms with Crippen LogP contribution >= 0.6 is 0 Å². The van der Waals surface area contributed by atoms with Crippen molar-refractivity contribution >= 4 is 10.8 Å². The topological polar surface area (TPSA) is 84.3 Å². The fourth-order valence-electron chi connectivity index (χ4n) is 3.40. The second kappa shape index (κ2) is 8.33. The molecule has 2 aromatic carbocycles. The zero-order valence-corrected chi connectivity index (χ0v) is 15.6. The van der Waals surface area contributed by atoms with Crippen LogP contribution in [0.4, 0.5) is 0 Å². The van der Waals surface area contributed by atoms with Gasteiger partial charge in [0.15, 0.2) is 0 Å². The molecule has 0 aliphatic carbocycles. The van der Waals surface area contributed by atoms with Gasteiger partial charge in [-0.3, -0.25) is 14.3 Å². The summed E-state index contributed by atoms with van der Waals surface area (Å²) in [5.74, 6) is -0.0524. The molecule has 0 saturated heterocycles. The summed E-state index contributed by atoms with van der Waals surface area (Å²) in [6, 6.07) is 14.1. The van der Waals surface area contributed by atoms with Gasteiger partial charge in [0.25, 0.3) is 5.56 Å². The van der Waals surface area contributed by atoms with Gasteiger partial charge in [0.1, 0.15) is 6.73 Å². The molecule has 0 bridgehead atoms. The van der Waals surface area contributed by atoms with Crippen LogP contribution in [-0.2, 0) is 17.9 Å². The molecule has 0 atom stereocenters. The van der Waals surface area contributed by atoms with Crippen molar-refractivity contribution in [3.05, 3.63) is 80.1 Å². The smallest absolute Gasteiger partial charge is 0.330 e. The maximum Gasteiger partial charge on any atom is 0.330 e. The number of aliphatic hydroxyl groups excluding tert-OH is 1. The van der Waals surface area contributed by atoms with Gasteiger partial charge in [0, 0.05) is 17.7 Å². The van der Waals surface area contributed by atoms with Crippen LogP contribution in [0.25, 0.3) is 10.8 Å². The van der Waals surface area contributed by atoms with E-state index in [1.165, 1.54) is 4.57 Å². The number of hydrogen-bond acceptors (Lipinski definition) is 4. The van der Waals surface area contributed by atoms with Gasteiger partial charge in [-0.25, -0.2) is 4.79 Å². The molecule has 0 amide bonds. The van der Waals surface area contributed by atoms with E-state index in [0.29, 0.717) is 17.7 Å². The predicted molar refractivity (Wildman–Crippen MR) is 105 cm³/mol. The average Bonchev–Trinajstić information content (AvgIpc) is 2.64. The van der Waals surface area contributed by atoms with Crippen LogP contribution in [0.3, 0.4) is 0 Å². The van der Waals surface area contributed by atoms with Crippen molar-refractivity contribution in [3.8, 4) is 0 Å². The van der Waals surface area contributed by atoms with Crippen LogP contribution in [0.5, 0.6) is 0 Å². The third-order valence-corrected chi connectivity index (χ3v) is 4.62. The number of aromatic nitrogens is 2. The van der Waals surface area contributed by atoms with Gasteiger partial charge in [-0.2, -0.15) is 0 Å². The van der Waals surface area contributed by atoms with Crippen molar-refractivity contribution < 1.29 is 9.84 Å². The molecule has 0 saturated carbocycles. The van der Waals surface area contributed by atoms with E-state index in [0.717, 1.165) is 16.3 Å². The Morgan fingerprint density at radius 2 is 1.85 bits per heavy atom. The number of nitrogens with one attached hydrogen (secondary N) is 1. The molecule has 3 aromatic rings. The summed E-state index contributed by atoms with van der Waals surface area (Å²) in [4.78, 5) is 27.3. The lowest BCUT2D eigenvalue weighted by Gasteiger charge is -2.19. The van der Waals surface area contributed by atoms with Gasteiger partial charge in [-0.1, -0.05) is 56.3 Å². The molecule has 142 valence electrons. The maximum atomic E-state index is 12.5. The van der Waals surface area contributed by atoms with Gasteiger partial charge < -0.3 is 9.84 Å². The number of hydrogen-bond donors (Lipinski definition) is 2. The third-order valence-electron chi connectivity index (χ3n) is 4.62. The lowest BCUT2D eigenvalue weighted by Crippen LogP contribution is -2.37. The van der Waals surface area contributed by atoms with Crippen LogP contribution in [0.2, 0.25) is 0 Å². The molecule has 0 aliphatic rings. The zero-order valence-electron chi connectivity index (χ0n) is 15.6. The largest absolute Gasteiger partial charge is 0.394 e. The van der Waals surface area contributed by atoms with Gasteiger partial charge >= 0.3 is 5.69 Å². The Labute approximate surface area is 157 Å². The Hall–Kier alpha value is -2.70. The van der Waals surface area contributed by atoms with E-state index in [2.05, 4.69) is 4.98 Å². The van der Waals surface area contributed by atoms with E-state index in [9.17, 15) is 9.59 Å². The number of benzene rings is 2. The van der Waals surface area contributed by atoms with E-state index in [4.69, 9.17) is 9.84 Å². The molecular weight excluding hydrogens is 344 g/mol. The monoisotopic (exact) mass is 368 g/mol. The molecule has 27 heavy (non-hydrogen) atoms. The molecule has 1 aromatic heterocycles. The number of rotatable bonds is 7. The summed E-state index contributed by atoms with van der Waals surface area (Å²) in [7, 11) is 0. The molecule has 0 radical (unpaired) electrons. The standard InChI is InChI=1S/C21H24N2O4/c1-14(2)19-18(23(13-27-11-10-24)21(26)22-20(19)25)12-16-8-5-7-15-6-3-4-9-17(15)16/h3-9,14,24H,10-13H2,1-2H3,(H,22,25,26). The first-order chi connectivity index (χ1) is 13.0. The maximum absolute atomic E-state index is 12.5. The van der Waals surface area contributed by atoms with Crippen molar-refractivity contribution in [2.75, 3.05) is 13.2 Å². The molecule has 0 aliphatic heterocycles. The van der Waals surface area contributed by atoms with Crippen LogP contribution in [0.15, 0.2) is 52.1 Å². The number of H-pyrrole nitrogens is 1. The first kappa shape index (κ1) is 19.1. The number of fused-ring (bicyclic) bond motifs is 1. The summed E-state index contributed by atoms with van der Waals surface area (Å²) in [5, 5.41) is 11.1. The molecule has 3 rings (SSSR count). The molecular formula is C21H24N2O4. The molecule has 1 heterocycles. The molecule has 6 heteroatoms. The summed E-state index contributed by atoms with van der Waals surface area (Å²) >= 11 is 0. The molecule has 0 spiro atoms. The Morgan fingerprint density at radius 1 is 1.11 bits per heavy atom. The molecule has 0 fully saturated rings. The van der Waals surface area contributed by atoms with E-state index >= 15 is 0 Å². The summed E-state index contributed by atoms with van der Waals surface area (Å²) in [5.41, 5.74) is 1.40. The first-order valence-corrected chi connectivity index (χ1v) is 9.04. The Morgan fingerprint density at radius 3 is 2.59 bits per heavy atom. The van der Waals surface area contributed by atoms with Crippen LogP contribution < -0.4 is 11.2 Å². The quantitative estimate of drug-likeness (QED) is 0.627. The molecule has 0 unspecified atom stereocenters. The fraction of sp³-hybridized carbons (Fsp3) is 0.333. The highest BCUT2D eigenvalue weighted by Gasteiger charge is 2.18. The van der Waals surface area contributed by atoms with E-state index in [-0.39, 0.29) is 31.4 Å². The lowest BCUT2D eigenvalue weighted by atomic mass is 9.95. The van der Waals surface area contributed by atoms with E-state index in [1.807, 2.05) is 56.3 Å². The van der Waals surface area contributed by atoms with Crippen molar-refractivity contribution in [1.29, 1.82) is 0 Å². The number of aromatic amines is 1. The van der Waals surface area contributed by atoms with Gasteiger partial charge in [-0.15, -0.1) is 0 Å². The normalized spacial score (nSPS) is 11.4. The highest BCUT2D eigenvalue weighted by molar-refractivity contribution is 5.85. The molecule has 2 N–H and O–H groups in total. The summed E-state index contributed by atoms with van der Waals surface area (Å²) in [6.07, 6.45) is 0.441. The van der Waals surface area contributed by atoms with Crippen LogP contribution in [-0.4, -0.2) is 27.9 Å². The third kappa shape index (κ3) is 4.02. The summed E-state index contributed by atoms with van der Waals surface area (Å²) < 4.78 is 6.83. The highest BCUT2D eigenvalue weighted by atomic mass is 16.5. The highest BCUT2D eigenvalue weighted by Crippen LogP contribution is 2.23.